The first-order valence-electron chi connectivity index (χ1n) is 22.6. The largest absolute Gasteiger partial charge is 0.458 e. The van der Waals surface area contributed by atoms with E-state index in [0.717, 1.165) is 38.5 Å². The molecule has 0 aromatic carbocycles. The highest BCUT2D eigenvalue weighted by molar-refractivity contribution is 7.85. The second kappa shape index (κ2) is 35.6. The van der Waals surface area contributed by atoms with Crippen LogP contribution in [-0.2, 0) is 38.7 Å². The van der Waals surface area contributed by atoms with E-state index in [1.54, 1.807) is 12.2 Å². The molecule has 0 spiro atoms. The Balaban J connectivity index is 2.51. The summed E-state index contributed by atoms with van der Waals surface area (Å²) in [4.78, 5) is 25.2. The quantitative estimate of drug-likeness (QED) is 0.0116. The predicted molar refractivity (Wildman–Crippen MR) is 229 cm³/mol. The molecule has 0 bridgehead atoms. The molecule has 1 saturated heterocycles. The van der Waals surface area contributed by atoms with Crippen LogP contribution in [0.2, 0.25) is 0 Å². The van der Waals surface area contributed by atoms with Crippen molar-refractivity contribution >= 4 is 22.1 Å². The third-order valence-corrected chi connectivity index (χ3v) is 11.0. The van der Waals surface area contributed by atoms with Crippen molar-refractivity contribution < 1.29 is 56.8 Å². The van der Waals surface area contributed by atoms with Gasteiger partial charge in [-0.3, -0.25) is 9.35 Å². The standard InChI is InChI=1S/C45H80O12S/c1-3-5-7-9-11-13-15-17-19-21-23-25-27-29-31-33-40(46)54-35-38(36-55-45-44(50)43(49)42(48)39(57-45)37-58(51,52)53)56-41(47)34-32-30-28-26-24-22-20-18-16-14-12-10-8-6-4-2/h22,24,27,29,31,33,38-39,42-45,48-50H,3-21,23,25-26,28,30,32,34-37H2,1-2H3,(H,51,52,53)/b24-22+,29-27+,33-31+/t38-,39-,42-,43?,44?,45+/m1/s1. The third kappa shape index (κ3) is 30.0. The van der Waals surface area contributed by atoms with Gasteiger partial charge in [-0.25, -0.2) is 4.79 Å². The van der Waals surface area contributed by atoms with Crippen LogP contribution in [0.15, 0.2) is 36.5 Å². The van der Waals surface area contributed by atoms with E-state index in [1.165, 1.54) is 122 Å². The average molecular weight is 845 g/mol. The number of allylic oxidation sites excluding steroid dienone is 5. The van der Waals surface area contributed by atoms with Gasteiger partial charge in [0.2, 0.25) is 0 Å². The first-order chi connectivity index (χ1) is 28.0. The molecule has 13 heteroatoms. The summed E-state index contributed by atoms with van der Waals surface area (Å²) in [5, 5.41) is 30.8. The number of hydrogen-bond donors (Lipinski definition) is 4. The second-order valence-electron chi connectivity index (χ2n) is 15.8. The maximum absolute atomic E-state index is 12.8. The van der Waals surface area contributed by atoms with E-state index in [9.17, 15) is 37.9 Å². The Bertz CT molecular complexity index is 1220. The molecule has 0 radical (unpaired) electrons. The van der Waals surface area contributed by atoms with Crippen molar-refractivity contribution in [2.24, 2.45) is 0 Å². The Kier molecular flexibility index (Phi) is 33.1. The summed E-state index contributed by atoms with van der Waals surface area (Å²) in [6.45, 7) is 3.64. The van der Waals surface area contributed by atoms with E-state index in [-0.39, 0.29) is 13.0 Å². The van der Waals surface area contributed by atoms with Crippen molar-refractivity contribution in [2.45, 2.75) is 218 Å². The molecule has 1 aliphatic heterocycles. The Morgan fingerprint density at radius 2 is 1.10 bits per heavy atom. The fourth-order valence-electron chi connectivity index (χ4n) is 6.76. The van der Waals surface area contributed by atoms with Crippen molar-refractivity contribution in [2.75, 3.05) is 19.0 Å². The van der Waals surface area contributed by atoms with Crippen LogP contribution in [0.4, 0.5) is 0 Å². The van der Waals surface area contributed by atoms with E-state index < -0.39 is 71.2 Å². The minimum Gasteiger partial charge on any atom is -0.458 e. The predicted octanol–water partition coefficient (Wildman–Crippen LogP) is 9.00. The lowest BCUT2D eigenvalue weighted by molar-refractivity contribution is -0.297. The highest BCUT2D eigenvalue weighted by Gasteiger charge is 2.46. The summed E-state index contributed by atoms with van der Waals surface area (Å²) in [7, 11) is -4.61. The van der Waals surface area contributed by atoms with Crippen LogP contribution in [0, 0.1) is 0 Å². The number of esters is 2. The molecule has 0 aliphatic carbocycles. The maximum atomic E-state index is 12.8. The summed E-state index contributed by atoms with van der Waals surface area (Å²) >= 11 is 0. The Labute approximate surface area is 351 Å². The van der Waals surface area contributed by atoms with Crippen LogP contribution in [0.1, 0.15) is 181 Å². The number of carbonyl (C=O) groups is 2. The van der Waals surface area contributed by atoms with Gasteiger partial charge in [0.05, 0.1) is 6.61 Å². The van der Waals surface area contributed by atoms with Crippen molar-refractivity contribution in [3.8, 4) is 0 Å². The molecule has 4 N–H and O–H groups in total. The normalized spacial score (nSPS) is 20.7. The smallest absolute Gasteiger partial charge is 0.330 e. The molecule has 338 valence electrons. The molecular weight excluding hydrogens is 765 g/mol. The zero-order valence-electron chi connectivity index (χ0n) is 35.9. The third-order valence-electron chi connectivity index (χ3n) is 10.3. The number of unbranched alkanes of at least 4 members (excludes halogenated alkanes) is 22. The lowest BCUT2D eigenvalue weighted by Crippen LogP contribution is -2.60. The van der Waals surface area contributed by atoms with Crippen LogP contribution in [-0.4, -0.2) is 96.0 Å². The van der Waals surface area contributed by atoms with Crippen LogP contribution in [0.3, 0.4) is 0 Å². The molecular formula is C45H80O12S. The lowest BCUT2D eigenvalue weighted by atomic mass is 10.00. The summed E-state index contributed by atoms with van der Waals surface area (Å²) in [5.74, 6) is -2.26. The minimum absolute atomic E-state index is 0.125. The van der Waals surface area contributed by atoms with Gasteiger partial charge >= 0.3 is 11.9 Å². The number of aliphatic hydroxyl groups excluding tert-OH is 3. The SMILES string of the molecule is CCCCCCCCCC/C=C/CCCCCC(=O)O[C@H](COC(=O)/C=C/C=C/CCCCCCCCCCCCC)CO[C@H]1O[C@H](CS(=O)(=O)O)[C@@H](O)C(O)C1O. The number of rotatable bonds is 37. The summed E-state index contributed by atoms with van der Waals surface area (Å²) in [6, 6.07) is 0. The topological polar surface area (TPSA) is 186 Å². The number of ether oxygens (including phenoxy) is 4. The van der Waals surface area contributed by atoms with Crippen LogP contribution >= 0.6 is 0 Å². The van der Waals surface area contributed by atoms with Gasteiger partial charge in [-0.2, -0.15) is 8.42 Å². The minimum atomic E-state index is -4.61. The molecule has 2 unspecified atom stereocenters. The summed E-state index contributed by atoms with van der Waals surface area (Å²) in [6.07, 6.45) is 31.1. The number of hydrogen-bond acceptors (Lipinski definition) is 11. The van der Waals surface area contributed by atoms with Crippen LogP contribution < -0.4 is 0 Å². The van der Waals surface area contributed by atoms with Crippen molar-refractivity contribution in [3.05, 3.63) is 36.5 Å². The fourth-order valence-corrected chi connectivity index (χ4v) is 7.45. The molecule has 0 aromatic rings. The summed E-state index contributed by atoms with van der Waals surface area (Å²) < 4.78 is 53.8. The molecule has 1 aliphatic rings. The Morgan fingerprint density at radius 3 is 1.62 bits per heavy atom. The van der Waals surface area contributed by atoms with Gasteiger partial charge in [0.25, 0.3) is 10.1 Å². The van der Waals surface area contributed by atoms with Gasteiger partial charge in [-0.05, 0) is 44.9 Å². The van der Waals surface area contributed by atoms with E-state index in [4.69, 9.17) is 18.9 Å². The molecule has 58 heavy (non-hydrogen) atoms. The highest BCUT2D eigenvalue weighted by atomic mass is 32.2. The van der Waals surface area contributed by atoms with Gasteiger partial charge in [0.1, 0.15) is 36.8 Å². The van der Waals surface area contributed by atoms with Gasteiger partial charge in [0, 0.05) is 12.5 Å². The molecule has 1 rings (SSSR count). The lowest BCUT2D eigenvalue weighted by Gasteiger charge is -2.40. The van der Waals surface area contributed by atoms with Crippen molar-refractivity contribution in [3.63, 3.8) is 0 Å². The zero-order valence-corrected chi connectivity index (χ0v) is 36.7. The second-order valence-corrected chi connectivity index (χ2v) is 17.3. The molecule has 0 saturated carbocycles. The Hall–Kier alpha value is -2.13. The Morgan fingerprint density at radius 1 is 0.621 bits per heavy atom. The van der Waals surface area contributed by atoms with Crippen LogP contribution in [0.5, 0.6) is 0 Å². The first kappa shape index (κ1) is 53.9. The first-order valence-corrected chi connectivity index (χ1v) is 24.2. The number of aliphatic hydroxyl groups is 3. The molecule has 12 nitrogen and oxygen atoms in total. The maximum Gasteiger partial charge on any atom is 0.330 e. The van der Waals surface area contributed by atoms with Crippen LogP contribution in [0.25, 0.3) is 0 Å². The number of carbonyl (C=O) groups excluding carboxylic acids is 2. The van der Waals surface area contributed by atoms with Gasteiger partial charge in [-0.1, -0.05) is 160 Å². The average Bonchev–Trinajstić information content (AvgIpc) is 3.18. The zero-order chi connectivity index (χ0) is 42.7. The van der Waals surface area contributed by atoms with E-state index in [1.807, 2.05) is 6.08 Å². The molecule has 1 fully saturated rings. The summed E-state index contributed by atoms with van der Waals surface area (Å²) in [5.41, 5.74) is 0. The van der Waals surface area contributed by atoms with E-state index in [2.05, 4.69) is 26.0 Å². The molecule has 1 heterocycles. The highest BCUT2D eigenvalue weighted by Crippen LogP contribution is 2.24. The molecule has 0 aromatic heterocycles. The molecule has 6 atom stereocenters. The van der Waals surface area contributed by atoms with E-state index in [0.29, 0.717) is 6.42 Å². The van der Waals surface area contributed by atoms with Gasteiger partial charge < -0.3 is 34.3 Å². The monoisotopic (exact) mass is 845 g/mol. The van der Waals surface area contributed by atoms with E-state index >= 15 is 0 Å². The fraction of sp³-hybridized carbons (Fsp3) is 0.822. The van der Waals surface area contributed by atoms with Crippen molar-refractivity contribution in [1.29, 1.82) is 0 Å². The van der Waals surface area contributed by atoms with Gasteiger partial charge in [-0.15, -0.1) is 0 Å². The molecule has 0 amide bonds. The van der Waals surface area contributed by atoms with Crippen molar-refractivity contribution in [1.82, 2.24) is 0 Å². The van der Waals surface area contributed by atoms with Gasteiger partial charge in [0.15, 0.2) is 12.4 Å².